The van der Waals surface area contributed by atoms with Gasteiger partial charge in [-0.2, -0.15) is 4.98 Å². The van der Waals surface area contributed by atoms with Gasteiger partial charge in [0.15, 0.2) is 0 Å². The Morgan fingerprint density at radius 3 is 2.47 bits per heavy atom. The van der Waals surface area contributed by atoms with Crippen molar-refractivity contribution < 1.29 is 4.52 Å². The van der Waals surface area contributed by atoms with Crippen molar-refractivity contribution in [2.24, 2.45) is 0 Å². The van der Waals surface area contributed by atoms with Gasteiger partial charge in [-0.15, -0.1) is 0 Å². The van der Waals surface area contributed by atoms with Gasteiger partial charge in [0.25, 0.3) is 0 Å². The molecule has 15 heavy (non-hydrogen) atoms. The Kier molecular flexibility index (Phi) is 2.05. The van der Waals surface area contributed by atoms with Gasteiger partial charge in [0, 0.05) is 22.6 Å². The summed E-state index contributed by atoms with van der Waals surface area (Å²) >= 11 is 2.07. The first-order chi connectivity index (χ1) is 7.31. The van der Waals surface area contributed by atoms with Crippen LogP contribution in [0.25, 0.3) is 0 Å². The highest BCUT2D eigenvalue weighted by atomic mass is 127. The average Bonchev–Trinajstić information content (AvgIpc) is 2.98. The van der Waals surface area contributed by atoms with Crippen LogP contribution in [-0.4, -0.2) is 10.1 Å². The normalized spacial score (nSPS) is 17.7. The van der Waals surface area contributed by atoms with Gasteiger partial charge in [-0.1, -0.05) is 35.5 Å². The zero-order chi connectivity index (χ0) is 10.3. The zero-order valence-electron chi connectivity index (χ0n) is 7.98. The Morgan fingerprint density at radius 2 is 1.93 bits per heavy atom. The summed E-state index contributed by atoms with van der Waals surface area (Å²) in [4.78, 5) is 4.33. The maximum absolute atomic E-state index is 5.28. The molecule has 0 bridgehead atoms. The molecule has 1 aliphatic rings. The summed E-state index contributed by atoms with van der Waals surface area (Å²) in [5.41, 5.74) is 1.29. The van der Waals surface area contributed by atoms with E-state index in [2.05, 4.69) is 57.0 Å². The molecular weight excluding hydrogens is 303 g/mol. The molecule has 1 heterocycles. The van der Waals surface area contributed by atoms with Crippen LogP contribution in [0.4, 0.5) is 0 Å². The van der Waals surface area contributed by atoms with E-state index in [9.17, 15) is 0 Å². The molecular formula is C11H9IN2O. The van der Waals surface area contributed by atoms with Gasteiger partial charge in [-0.3, -0.25) is 0 Å². The van der Waals surface area contributed by atoms with E-state index < -0.39 is 0 Å². The van der Waals surface area contributed by atoms with Gasteiger partial charge in [-0.25, -0.2) is 0 Å². The van der Waals surface area contributed by atoms with Crippen LogP contribution in [0.5, 0.6) is 0 Å². The first-order valence-corrected chi connectivity index (χ1v) is 5.94. The van der Waals surface area contributed by atoms with E-state index in [1.807, 2.05) is 6.07 Å². The van der Waals surface area contributed by atoms with Crippen LogP contribution in [0.3, 0.4) is 0 Å². The molecule has 1 aliphatic carbocycles. The number of hydrogen-bond acceptors (Lipinski definition) is 3. The smallest absolute Gasteiger partial charge is 0.237 e. The van der Waals surface area contributed by atoms with Gasteiger partial charge < -0.3 is 4.52 Å². The summed E-state index contributed by atoms with van der Waals surface area (Å²) in [5.74, 6) is 0.762. The largest absolute Gasteiger partial charge is 0.338 e. The number of rotatable bonds is 2. The molecule has 0 spiro atoms. The Balaban J connectivity index is 2.05. The van der Waals surface area contributed by atoms with Crippen molar-refractivity contribution in [3.63, 3.8) is 0 Å². The van der Waals surface area contributed by atoms with Gasteiger partial charge in [0.1, 0.15) is 0 Å². The first kappa shape index (κ1) is 9.33. The van der Waals surface area contributed by atoms with Crippen LogP contribution >= 0.6 is 22.6 Å². The third-order valence-corrected chi connectivity index (χ3v) is 3.33. The van der Waals surface area contributed by atoms with Crippen molar-refractivity contribution >= 4 is 22.6 Å². The van der Waals surface area contributed by atoms with Gasteiger partial charge >= 0.3 is 0 Å². The van der Waals surface area contributed by atoms with E-state index in [0.29, 0.717) is 3.83 Å². The molecule has 4 heteroatoms. The van der Waals surface area contributed by atoms with Crippen LogP contribution < -0.4 is 0 Å². The summed E-state index contributed by atoms with van der Waals surface area (Å²) in [7, 11) is 0. The SMILES string of the molecule is Ic1noc(C2(c3ccccc3)CC2)n1. The Hall–Kier alpha value is -0.910. The molecule has 0 amide bonds. The van der Waals surface area contributed by atoms with E-state index in [1.165, 1.54) is 5.56 Å². The molecule has 0 N–H and O–H groups in total. The fraction of sp³-hybridized carbons (Fsp3) is 0.273. The van der Waals surface area contributed by atoms with Crippen LogP contribution in [-0.2, 0) is 5.41 Å². The van der Waals surface area contributed by atoms with Crippen molar-refractivity contribution in [1.82, 2.24) is 10.1 Å². The third-order valence-electron chi connectivity index (χ3n) is 2.89. The second-order valence-electron chi connectivity index (χ2n) is 3.82. The summed E-state index contributed by atoms with van der Waals surface area (Å²) in [5, 5.41) is 3.85. The van der Waals surface area contributed by atoms with Crippen LogP contribution in [0.1, 0.15) is 24.3 Å². The Labute approximate surface area is 101 Å². The lowest BCUT2D eigenvalue weighted by molar-refractivity contribution is 0.357. The topological polar surface area (TPSA) is 38.9 Å². The molecule has 3 rings (SSSR count). The quantitative estimate of drug-likeness (QED) is 0.801. The summed E-state index contributed by atoms with van der Waals surface area (Å²) in [6.07, 6.45) is 2.21. The number of aromatic nitrogens is 2. The highest BCUT2D eigenvalue weighted by Gasteiger charge is 2.50. The summed E-state index contributed by atoms with van der Waals surface area (Å²) < 4.78 is 5.96. The predicted molar refractivity (Wildman–Crippen MR) is 63.5 cm³/mol. The predicted octanol–water partition coefficient (Wildman–Crippen LogP) is 2.75. The number of benzene rings is 1. The van der Waals surface area contributed by atoms with Crippen molar-refractivity contribution in [2.45, 2.75) is 18.3 Å². The fourth-order valence-electron chi connectivity index (χ4n) is 1.91. The molecule has 0 atom stereocenters. The first-order valence-electron chi connectivity index (χ1n) is 4.86. The second kappa shape index (κ2) is 3.30. The van der Waals surface area contributed by atoms with Gasteiger partial charge in [0.2, 0.25) is 9.72 Å². The minimum atomic E-state index is 0.0116. The fourth-order valence-corrected chi connectivity index (χ4v) is 2.23. The minimum absolute atomic E-state index is 0.0116. The van der Waals surface area contributed by atoms with Crippen molar-refractivity contribution in [2.75, 3.05) is 0 Å². The highest BCUT2D eigenvalue weighted by molar-refractivity contribution is 14.1. The number of hydrogen-bond donors (Lipinski definition) is 0. The maximum Gasteiger partial charge on any atom is 0.237 e. The van der Waals surface area contributed by atoms with Gasteiger partial charge in [0.05, 0.1) is 5.41 Å². The molecule has 76 valence electrons. The van der Waals surface area contributed by atoms with E-state index in [-0.39, 0.29) is 5.41 Å². The molecule has 1 saturated carbocycles. The third kappa shape index (κ3) is 1.47. The Bertz CT molecular complexity index is 476. The van der Waals surface area contributed by atoms with E-state index >= 15 is 0 Å². The highest BCUT2D eigenvalue weighted by Crippen LogP contribution is 2.52. The maximum atomic E-state index is 5.28. The number of halogens is 1. The molecule has 1 aromatic carbocycles. The van der Waals surface area contributed by atoms with E-state index in [1.54, 1.807) is 0 Å². The lowest BCUT2D eigenvalue weighted by Gasteiger charge is -2.09. The van der Waals surface area contributed by atoms with Crippen LogP contribution in [0, 0.1) is 3.83 Å². The minimum Gasteiger partial charge on any atom is -0.338 e. The van der Waals surface area contributed by atoms with Crippen LogP contribution in [0.2, 0.25) is 0 Å². The molecule has 0 aliphatic heterocycles. The zero-order valence-corrected chi connectivity index (χ0v) is 10.1. The molecule has 3 nitrogen and oxygen atoms in total. The monoisotopic (exact) mass is 312 g/mol. The van der Waals surface area contributed by atoms with E-state index in [0.717, 1.165) is 18.7 Å². The average molecular weight is 312 g/mol. The molecule has 2 aromatic rings. The summed E-state index contributed by atoms with van der Waals surface area (Å²) in [6.45, 7) is 0. The van der Waals surface area contributed by atoms with Crippen LogP contribution in [0.15, 0.2) is 34.9 Å². The lowest BCUT2D eigenvalue weighted by Crippen LogP contribution is -2.08. The standard InChI is InChI=1S/C11H9IN2O/c12-10-13-9(15-14-10)11(6-7-11)8-4-2-1-3-5-8/h1-5H,6-7H2. The molecule has 0 radical (unpaired) electrons. The van der Waals surface area contributed by atoms with Crippen molar-refractivity contribution in [1.29, 1.82) is 0 Å². The van der Waals surface area contributed by atoms with Crippen molar-refractivity contribution in [3.05, 3.63) is 45.6 Å². The molecule has 1 fully saturated rings. The second-order valence-corrected chi connectivity index (χ2v) is 4.78. The molecule has 0 saturated heterocycles. The number of nitrogens with zero attached hydrogens (tertiary/aromatic N) is 2. The summed E-state index contributed by atoms with van der Waals surface area (Å²) in [6, 6.07) is 10.4. The Morgan fingerprint density at radius 1 is 1.20 bits per heavy atom. The molecule has 1 aromatic heterocycles. The van der Waals surface area contributed by atoms with Gasteiger partial charge in [-0.05, 0) is 18.4 Å². The molecule has 0 unspecified atom stereocenters. The van der Waals surface area contributed by atoms with E-state index in [4.69, 9.17) is 4.52 Å². The van der Waals surface area contributed by atoms with Crippen molar-refractivity contribution in [3.8, 4) is 0 Å². The lowest BCUT2D eigenvalue weighted by atomic mass is 9.96.